The Balaban J connectivity index is 1.27. The van der Waals surface area contributed by atoms with Gasteiger partial charge in [-0.2, -0.15) is 0 Å². The van der Waals surface area contributed by atoms with E-state index in [2.05, 4.69) is 52.1 Å². The van der Waals surface area contributed by atoms with Gasteiger partial charge in [-0.25, -0.2) is 4.98 Å². The standard InChI is InChI=1S/C26H24N4OS3/c1-17-8-10-19(11-9-17)24-18(2)34-26(30-24)29-23(31)16-33-22-14-12-21(13-15-22)28-25(32)27-20-6-4-3-5-7-20/h3-15H,16H2,1-2H3,(H2,27,28,32)(H,29,30,31). The molecule has 0 saturated heterocycles. The van der Waals surface area contributed by atoms with Crippen LogP contribution >= 0.6 is 35.3 Å². The van der Waals surface area contributed by atoms with E-state index in [4.69, 9.17) is 12.2 Å². The van der Waals surface area contributed by atoms with E-state index in [0.717, 1.165) is 32.4 Å². The van der Waals surface area contributed by atoms with Crippen molar-refractivity contribution in [2.45, 2.75) is 18.7 Å². The fraction of sp³-hybridized carbons (Fsp3) is 0.115. The van der Waals surface area contributed by atoms with Crippen LogP contribution in [0.3, 0.4) is 0 Å². The van der Waals surface area contributed by atoms with Gasteiger partial charge in [0.15, 0.2) is 10.2 Å². The van der Waals surface area contributed by atoms with Gasteiger partial charge in [0, 0.05) is 26.7 Å². The molecule has 34 heavy (non-hydrogen) atoms. The van der Waals surface area contributed by atoms with Crippen molar-refractivity contribution < 1.29 is 4.79 Å². The Morgan fingerprint density at radius 3 is 2.21 bits per heavy atom. The summed E-state index contributed by atoms with van der Waals surface area (Å²) < 4.78 is 0. The number of anilines is 3. The van der Waals surface area contributed by atoms with E-state index in [9.17, 15) is 4.79 Å². The summed E-state index contributed by atoms with van der Waals surface area (Å²) >= 11 is 8.33. The second kappa shape index (κ2) is 11.3. The monoisotopic (exact) mass is 504 g/mol. The van der Waals surface area contributed by atoms with E-state index in [0.29, 0.717) is 16.0 Å². The van der Waals surface area contributed by atoms with Crippen LogP contribution in [0.15, 0.2) is 83.8 Å². The van der Waals surface area contributed by atoms with Crippen LogP contribution in [-0.2, 0) is 4.79 Å². The van der Waals surface area contributed by atoms with E-state index < -0.39 is 0 Å². The number of amides is 1. The molecule has 4 aromatic rings. The second-order valence-corrected chi connectivity index (χ2v) is 10.3. The van der Waals surface area contributed by atoms with Crippen LogP contribution in [-0.4, -0.2) is 21.8 Å². The van der Waals surface area contributed by atoms with Crippen molar-refractivity contribution in [3.63, 3.8) is 0 Å². The molecule has 0 atom stereocenters. The number of carbonyl (C=O) groups excluding carboxylic acids is 1. The summed E-state index contributed by atoms with van der Waals surface area (Å²) in [4.78, 5) is 19.2. The third kappa shape index (κ3) is 6.66. The van der Waals surface area contributed by atoms with Gasteiger partial charge >= 0.3 is 0 Å². The molecule has 0 aliphatic heterocycles. The zero-order chi connectivity index (χ0) is 23.9. The van der Waals surface area contributed by atoms with E-state index in [-0.39, 0.29) is 5.91 Å². The van der Waals surface area contributed by atoms with Gasteiger partial charge in [0.1, 0.15) is 0 Å². The third-order valence-electron chi connectivity index (χ3n) is 4.88. The minimum absolute atomic E-state index is 0.0790. The van der Waals surface area contributed by atoms with Gasteiger partial charge in [-0.1, -0.05) is 48.0 Å². The molecule has 0 aliphatic carbocycles. The maximum absolute atomic E-state index is 12.5. The largest absolute Gasteiger partial charge is 0.332 e. The first-order chi connectivity index (χ1) is 16.5. The molecule has 5 nitrogen and oxygen atoms in total. The summed E-state index contributed by atoms with van der Waals surface area (Å²) in [6.45, 7) is 4.08. The summed E-state index contributed by atoms with van der Waals surface area (Å²) in [5.41, 5.74) is 4.98. The van der Waals surface area contributed by atoms with Crippen molar-refractivity contribution in [3.05, 3.63) is 89.3 Å². The molecule has 3 aromatic carbocycles. The van der Waals surface area contributed by atoms with Crippen LogP contribution in [0.5, 0.6) is 0 Å². The lowest BCUT2D eigenvalue weighted by molar-refractivity contribution is -0.113. The van der Waals surface area contributed by atoms with Crippen molar-refractivity contribution in [2.75, 3.05) is 21.7 Å². The number of thioether (sulfide) groups is 1. The van der Waals surface area contributed by atoms with E-state index in [1.54, 1.807) is 0 Å². The molecule has 172 valence electrons. The third-order valence-corrected chi connectivity index (χ3v) is 6.98. The fourth-order valence-electron chi connectivity index (χ4n) is 3.18. The smallest absolute Gasteiger partial charge is 0.236 e. The number of para-hydroxylation sites is 1. The molecular formula is C26H24N4OS3. The minimum atomic E-state index is -0.0790. The Labute approximate surface area is 213 Å². The van der Waals surface area contributed by atoms with Crippen molar-refractivity contribution in [1.29, 1.82) is 0 Å². The molecule has 3 N–H and O–H groups in total. The summed E-state index contributed by atoms with van der Waals surface area (Å²) in [5, 5.41) is 10.4. The average molecular weight is 505 g/mol. The van der Waals surface area contributed by atoms with Gasteiger partial charge in [0.05, 0.1) is 11.4 Å². The molecule has 0 unspecified atom stereocenters. The highest BCUT2D eigenvalue weighted by Gasteiger charge is 2.12. The maximum atomic E-state index is 12.5. The average Bonchev–Trinajstić information content (AvgIpc) is 3.19. The lowest BCUT2D eigenvalue weighted by atomic mass is 10.1. The van der Waals surface area contributed by atoms with Crippen LogP contribution in [0.25, 0.3) is 11.3 Å². The molecule has 0 bridgehead atoms. The molecule has 8 heteroatoms. The first kappa shape index (κ1) is 23.9. The molecule has 1 amide bonds. The first-order valence-corrected chi connectivity index (χ1v) is 12.9. The molecule has 0 spiro atoms. The zero-order valence-corrected chi connectivity index (χ0v) is 21.2. The SMILES string of the molecule is Cc1ccc(-c2nc(NC(=O)CSc3ccc(NC(=S)Nc4ccccc4)cc3)sc2C)cc1. The minimum Gasteiger partial charge on any atom is -0.332 e. The fourth-order valence-corrected chi connectivity index (χ4v) is 4.97. The number of benzene rings is 3. The van der Waals surface area contributed by atoms with Crippen molar-refractivity contribution in [2.24, 2.45) is 0 Å². The molecule has 1 aromatic heterocycles. The van der Waals surface area contributed by atoms with Gasteiger partial charge in [-0.15, -0.1) is 23.1 Å². The highest BCUT2D eigenvalue weighted by atomic mass is 32.2. The van der Waals surface area contributed by atoms with Gasteiger partial charge in [0.25, 0.3) is 0 Å². The Bertz CT molecular complexity index is 1270. The van der Waals surface area contributed by atoms with Crippen molar-refractivity contribution >= 4 is 62.8 Å². The molecule has 1 heterocycles. The molecule has 0 aliphatic rings. The van der Waals surface area contributed by atoms with E-state index in [1.807, 2.05) is 61.5 Å². The number of aryl methyl sites for hydroxylation is 2. The molecule has 0 saturated carbocycles. The van der Waals surface area contributed by atoms with Crippen LogP contribution in [0.1, 0.15) is 10.4 Å². The number of carbonyl (C=O) groups is 1. The summed E-state index contributed by atoms with van der Waals surface area (Å²) in [5.74, 6) is 0.226. The van der Waals surface area contributed by atoms with Crippen molar-refractivity contribution in [3.8, 4) is 11.3 Å². The maximum Gasteiger partial charge on any atom is 0.236 e. The van der Waals surface area contributed by atoms with Crippen LogP contribution in [0.4, 0.5) is 16.5 Å². The highest BCUT2D eigenvalue weighted by Crippen LogP contribution is 2.31. The van der Waals surface area contributed by atoms with Gasteiger partial charge in [-0.05, 0) is 62.5 Å². The highest BCUT2D eigenvalue weighted by molar-refractivity contribution is 8.00. The quantitative estimate of drug-likeness (QED) is 0.187. The Kier molecular flexibility index (Phi) is 7.95. The molecule has 0 fully saturated rings. The Morgan fingerprint density at radius 1 is 0.882 bits per heavy atom. The number of thiocarbonyl (C=S) groups is 1. The number of thiazole rings is 1. The number of nitrogens with one attached hydrogen (secondary N) is 3. The summed E-state index contributed by atoms with van der Waals surface area (Å²) in [6, 6.07) is 25.8. The summed E-state index contributed by atoms with van der Waals surface area (Å²) in [7, 11) is 0. The van der Waals surface area contributed by atoms with Crippen molar-refractivity contribution in [1.82, 2.24) is 4.98 Å². The van der Waals surface area contributed by atoms with Crippen LogP contribution in [0.2, 0.25) is 0 Å². The van der Waals surface area contributed by atoms with Crippen LogP contribution < -0.4 is 16.0 Å². The van der Waals surface area contributed by atoms with Gasteiger partial charge < -0.3 is 16.0 Å². The Morgan fingerprint density at radius 2 is 1.53 bits per heavy atom. The molecule has 0 radical (unpaired) electrons. The second-order valence-electron chi connectivity index (χ2n) is 7.60. The molecular weight excluding hydrogens is 481 g/mol. The molecule has 4 rings (SSSR count). The summed E-state index contributed by atoms with van der Waals surface area (Å²) in [6.07, 6.45) is 0. The van der Waals surface area contributed by atoms with Gasteiger partial charge in [0.2, 0.25) is 5.91 Å². The lowest BCUT2D eigenvalue weighted by Crippen LogP contribution is -2.18. The van der Waals surface area contributed by atoms with Gasteiger partial charge in [-0.3, -0.25) is 4.79 Å². The van der Waals surface area contributed by atoms with E-state index >= 15 is 0 Å². The van der Waals surface area contributed by atoms with Crippen LogP contribution in [0, 0.1) is 13.8 Å². The first-order valence-electron chi connectivity index (χ1n) is 10.7. The number of hydrogen-bond acceptors (Lipinski definition) is 5. The predicted molar refractivity (Wildman–Crippen MR) is 149 cm³/mol. The number of aromatic nitrogens is 1. The van der Waals surface area contributed by atoms with E-state index in [1.165, 1.54) is 28.7 Å². The Hall–Kier alpha value is -3.20. The normalized spacial score (nSPS) is 10.5. The topological polar surface area (TPSA) is 66.0 Å². The number of nitrogens with zero attached hydrogens (tertiary/aromatic N) is 1. The number of hydrogen-bond donors (Lipinski definition) is 3. The lowest BCUT2D eigenvalue weighted by Gasteiger charge is -2.11. The zero-order valence-electron chi connectivity index (χ0n) is 18.8. The number of rotatable bonds is 7. The predicted octanol–water partition coefficient (Wildman–Crippen LogP) is 6.97.